The number of carbonyl (C=O) groups excluding carboxylic acids is 1. The third kappa shape index (κ3) is 5.75. The molecule has 0 fully saturated rings. The second-order valence-electron chi connectivity index (χ2n) is 5.68. The molecule has 0 aromatic heterocycles. The van der Waals surface area contributed by atoms with Gasteiger partial charge in [-0.15, -0.1) is 0 Å². The summed E-state index contributed by atoms with van der Waals surface area (Å²) in [4.78, 5) is 11.5. The fourth-order valence-corrected chi connectivity index (χ4v) is 1.62. The molecular formula is C15H23NO3. The molecule has 4 heteroatoms. The van der Waals surface area contributed by atoms with Crippen molar-refractivity contribution >= 4 is 6.09 Å². The molecule has 1 unspecified atom stereocenters. The van der Waals surface area contributed by atoms with Crippen molar-refractivity contribution in [3.8, 4) is 0 Å². The number of aliphatic hydroxyl groups is 1. The van der Waals surface area contributed by atoms with Crippen LogP contribution in [0.5, 0.6) is 0 Å². The van der Waals surface area contributed by atoms with Crippen molar-refractivity contribution in [1.29, 1.82) is 0 Å². The van der Waals surface area contributed by atoms with Crippen LogP contribution in [0.2, 0.25) is 0 Å². The first-order chi connectivity index (χ1) is 8.81. The Morgan fingerprint density at radius 3 is 2.37 bits per heavy atom. The molecule has 0 aliphatic heterocycles. The Kier molecular flexibility index (Phi) is 5.36. The monoisotopic (exact) mass is 265 g/mol. The molecule has 0 saturated carbocycles. The highest BCUT2D eigenvalue weighted by Gasteiger charge is 2.16. The summed E-state index contributed by atoms with van der Waals surface area (Å²) in [5.74, 6) is 0.195. The van der Waals surface area contributed by atoms with Crippen LogP contribution >= 0.6 is 0 Å². The minimum Gasteiger partial charge on any atom is -0.444 e. The Hall–Kier alpha value is -1.55. The summed E-state index contributed by atoms with van der Waals surface area (Å²) in [7, 11) is 0. The van der Waals surface area contributed by atoms with Gasteiger partial charge in [0.2, 0.25) is 0 Å². The van der Waals surface area contributed by atoms with Crippen molar-refractivity contribution in [3.05, 3.63) is 35.4 Å². The van der Waals surface area contributed by atoms with Crippen molar-refractivity contribution in [3.63, 3.8) is 0 Å². The minimum atomic E-state index is -0.476. The van der Waals surface area contributed by atoms with Crippen molar-refractivity contribution < 1.29 is 14.6 Å². The molecule has 0 aliphatic rings. The van der Waals surface area contributed by atoms with E-state index in [0.717, 1.165) is 11.1 Å². The number of benzene rings is 1. The second-order valence-corrected chi connectivity index (χ2v) is 5.68. The molecule has 1 rings (SSSR count). The number of alkyl carbamates (subject to hydrolysis) is 1. The highest BCUT2D eigenvalue weighted by atomic mass is 16.6. The first-order valence-corrected chi connectivity index (χ1v) is 6.48. The lowest BCUT2D eigenvalue weighted by Crippen LogP contribution is -2.34. The Morgan fingerprint density at radius 1 is 1.32 bits per heavy atom. The second kappa shape index (κ2) is 6.57. The molecule has 2 N–H and O–H groups in total. The molecule has 19 heavy (non-hydrogen) atoms. The van der Waals surface area contributed by atoms with Gasteiger partial charge < -0.3 is 15.2 Å². The molecule has 0 heterocycles. The summed E-state index contributed by atoms with van der Waals surface area (Å²) in [6.45, 7) is 8.11. The van der Waals surface area contributed by atoms with Crippen LogP contribution in [0.25, 0.3) is 0 Å². The molecule has 106 valence electrons. The molecule has 1 aromatic carbocycles. The van der Waals surface area contributed by atoms with E-state index < -0.39 is 11.7 Å². The van der Waals surface area contributed by atoms with E-state index in [4.69, 9.17) is 9.84 Å². The van der Waals surface area contributed by atoms with Gasteiger partial charge in [0.25, 0.3) is 0 Å². The highest BCUT2D eigenvalue weighted by molar-refractivity contribution is 5.67. The number of amides is 1. The topological polar surface area (TPSA) is 58.6 Å². The van der Waals surface area contributed by atoms with E-state index >= 15 is 0 Å². The summed E-state index contributed by atoms with van der Waals surface area (Å²) < 4.78 is 5.18. The average Bonchev–Trinajstić information content (AvgIpc) is 2.34. The number of carbonyl (C=O) groups is 1. The number of hydrogen-bond donors (Lipinski definition) is 2. The van der Waals surface area contributed by atoms with Gasteiger partial charge in [-0.2, -0.15) is 0 Å². The molecule has 1 aromatic rings. The van der Waals surface area contributed by atoms with E-state index in [9.17, 15) is 4.79 Å². The van der Waals surface area contributed by atoms with Gasteiger partial charge in [0.15, 0.2) is 0 Å². The van der Waals surface area contributed by atoms with Crippen LogP contribution in [0.4, 0.5) is 4.79 Å². The summed E-state index contributed by atoms with van der Waals surface area (Å²) >= 11 is 0. The third-order valence-corrected chi connectivity index (χ3v) is 2.68. The van der Waals surface area contributed by atoms with Crippen molar-refractivity contribution in [2.45, 2.75) is 45.8 Å². The lowest BCUT2D eigenvalue weighted by Gasteiger charge is -2.21. The molecule has 1 atom stereocenters. The van der Waals surface area contributed by atoms with Gasteiger partial charge in [-0.3, -0.25) is 0 Å². The molecular weight excluding hydrogens is 242 g/mol. The van der Waals surface area contributed by atoms with Gasteiger partial charge in [-0.05, 0) is 37.8 Å². The largest absolute Gasteiger partial charge is 0.444 e. The van der Waals surface area contributed by atoms with E-state index in [1.165, 1.54) is 0 Å². The number of nitrogens with one attached hydrogen (secondary N) is 1. The van der Waals surface area contributed by atoms with Crippen LogP contribution in [0.1, 0.15) is 44.7 Å². The van der Waals surface area contributed by atoms with E-state index in [0.29, 0.717) is 6.54 Å². The van der Waals surface area contributed by atoms with Crippen LogP contribution in [0.15, 0.2) is 24.3 Å². The maximum Gasteiger partial charge on any atom is 0.407 e. The summed E-state index contributed by atoms with van der Waals surface area (Å²) in [5.41, 5.74) is 1.53. The fraction of sp³-hybridized carbons (Fsp3) is 0.533. The lowest BCUT2D eigenvalue weighted by molar-refractivity contribution is 0.0525. The van der Waals surface area contributed by atoms with E-state index in [2.05, 4.69) is 5.32 Å². The normalized spacial score (nSPS) is 12.9. The average molecular weight is 265 g/mol. The van der Waals surface area contributed by atoms with Gasteiger partial charge in [-0.25, -0.2) is 4.79 Å². The van der Waals surface area contributed by atoms with Crippen LogP contribution < -0.4 is 5.32 Å². The van der Waals surface area contributed by atoms with Crippen LogP contribution in [0, 0.1) is 0 Å². The van der Waals surface area contributed by atoms with Crippen LogP contribution in [0.3, 0.4) is 0 Å². The molecule has 0 bridgehead atoms. The number of ether oxygens (including phenoxy) is 1. The predicted octanol–water partition coefficient (Wildman–Crippen LogP) is 2.81. The molecule has 0 radical (unpaired) electrons. The summed E-state index contributed by atoms with van der Waals surface area (Å²) in [6, 6.07) is 7.71. The standard InChI is InChI=1S/C15H23NO3/c1-11(9-16-14(18)19-15(2,3)4)13-7-5-12(10-17)6-8-13/h5-8,11,17H,9-10H2,1-4H3,(H,16,18). The fourth-order valence-electron chi connectivity index (χ4n) is 1.62. The zero-order valence-corrected chi connectivity index (χ0v) is 12.1. The first-order valence-electron chi connectivity index (χ1n) is 6.48. The van der Waals surface area contributed by atoms with Crippen LogP contribution in [-0.2, 0) is 11.3 Å². The highest BCUT2D eigenvalue weighted by Crippen LogP contribution is 2.15. The maximum absolute atomic E-state index is 11.5. The number of hydrogen-bond acceptors (Lipinski definition) is 3. The first kappa shape index (κ1) is 15.5. The maximum atomic E-state index is 11.5. The summed E-state index contributed by atoms with van der Waals surface area (Å²) in [5, 5.41) is 11.7. The lowest BCUT2D eigenvalue weighted by atomic mass is 10.00. The van der Waals surface area contributed by atoms with Crippen molar-refractivity contribution in [2.24, 2.45) is 0 Å². The number of aliphatic hydroxyl groups excluding tert-OH is 1. The summed E-state index contributed by atoms with van der Waals surface area (Å²) in [6.07, 6.45) is -0.397. The van der Waals surface area contributed by atoms with E-state index in [1.807, 2.05) is 52.0 Å². The van der Waals surface area contributed by atoms with Crippen molar-refractivity contribution in [2.75, 3.05) is 6.54 Å². The Labute approximate surface area is 114 Å². The SMILES string of the molecule is CC(CNC(=O)OC(C)(C)C)c1ccc(CO)cc1. The molecule has 1 amide bonds. The van der Waals surface area contributed by atoms with Gasteiger partial charge in [0.05, 0.1) is 6.61 Å². The van der Waals surface area contributed by atoms with Gasteiger partial charge >= 0.3 is 6.09 Å². The zero-order valence-electron chi connectivity index (χ0n) is 12.1. The zero-order chi connectivity index (χ0) is 14.5. The van der Waals surface area contributed by atoms with Gasteiger partial charge in [0, 0.05) is 6.54 Å². The molecule has 0 spiro atoms. The molecule has 0 aliphatic carbocycles. The van der Waals surface area contributed by atoms with Crippen molar-refractivity contribution in [1.82, 2.24) is 5.32 Å². The Morgan fingerprint density at radius 2 is 1.89 bits per heavy atom. The van der Waals surface area contributed by atoms with Crippen LogP contribution in [-0.4, -0.2) is 23.3 Å². The Bertz CT molecular complexity index is 406. The smallest absolute Gasteiger partial charge is 0.407 e. The predicted molar refractivity (Wildman–Crippen MR) is 75.0 cm³/mol. The van der Waals surface area contributed by atoms with Gasteiger partial charge in [-0.1, -0.05) is 31.2 Å². The molecule has 0 saturated heterocycles. The minimum absolute atomic E-state index is 0.0464. The van der Waals surface area contributed by atoms with E-state index in [-0.39, 0.29) is 12.5 Å². The number of rotatable bonds is 4. The molecule has 4 nitrogen and oxygen atoms in total. The quantitative estimate of drug-likeness (QED) is 0.880. The van der Waals surface area contributed by atoms with Gasteiger partial charge in [0.1, 0.15) is 5.60 Å². The van der Waals surface area contributed by atoms with E-state index in [1.54, 1.807) is 0 Å². The third-order valence-electron chi connectivity index (χ3n) is 2.68. The Balaban J connectivity index is 2.46.